The van der Waals surface area contributed by atoms with E-state index >= 15 is 0 Å². The summed E-state index contributed by atoms with van der Waals surface area (Å²) >= 11 is 0. The predicted molar refractivity (Wildman–Crippen MR) is 57.8 cm³/mol. The maximum absolute atomic E-state index is 5.63. The molecule has 1 fully saturated rings. The summed E-state index contributed by atoms with van der Waals surface area (Å²) in [5, 5.41) is 3.95. The van der Waals surface area contributed by atoms with Gasteiger partial charge in [-0.1, -0.05) is 19.0 Å². The number of hydrogen-bond acceptors (Lipinski definition) is 5. The van der Waals surface area contributed by atoms with Crippen LogP contribution in [0.2, 0.25) is 0 Å². The second-order valence-electron chi connectivity index (χ2n) is 4.43. The van der Waals surface area contributed by atoms with E-state index in [1.165, 1.54) is 0 Å². The average molecular weight is 210 g/mol. The van der Waals surface area contributed by atoms with Crippen molar-refractivity contribution in [3.8, 4) is 0 Å². The van der Waals surface area contributed by atoms with Gasteiger partial charge in [-0.2, -0.15) is 4.98 Å². The third-order valence-corrected chi connectivity index (χ3v) is 2.84. The zero-order valence-electron chi connectivity index (χ0n) is 9.31. The highest BCUT2D eigenvalue weighted by Crippen LogP contribution is 2.22. The molecule has 5 heteroatoms. The van der Waals surface area contributed by atoms with E-state index in [9.17, 15) is 0 Å². The van der Waals surface area contributed by atoms with Crippen LogP contribution in [0.4, 0.5) is 6.01 Å². The Bertz CT molecular complexity index is 323. The zero-order valence-corrected chi connectivity index (χ0v) is 9.31. The Labute approximate surface area is 89.6 Å². The first-order chi connectivity index (χ1) is 7.20. The summed E-state index contributed by atoms with van der Waals surface area (Å²) in [6.07, 6.45) is 1.12. The highest BCUT2D eigenvalue weighted by molar-refractivity contribution is 5.27. The summed E-state index contributed by atoms with van der Waals surface area (Å²) in [6.45, 7) is 6.77. The van der Waals surface area contributed by atoms with E-state index < -0.39 is 0 Å². The molecule has 0 saturated carbocycles. The summed E-state index contributed by atoms with van der Waals surface area (Å²) in [5.74, 6) is 1.66. The van der Waals surface area contributed by atoms with Crippen LogP contribution in [-0.2, 0) is 0 Å². The summed E-state index contributed by atoms with van der Waals surface area (Å²) in [6, 6.07) is 0.648. The van der Waals surface area contributed by atoms with Gasteiger partial charge in [0, 0.05) is 19.0 Å². The van der Waals surface area contributed by atoms with E-state index in [-0.39, 0.29) is 0 Å². The molecule has 1 saturated heterocycles. The molecule has 0 aromatic carbocycles. The summed E-state index contributed by atoms with van der Waals surface area (Å²) in [7, 11) is 0. The monoisotopic (exact) mass is 210 g/mol. The number of nitrogens with two attached hydrogens (primary N) is 1. The number of nitrogens with zero attached hydrogens (tertiary/aromatic N) is 3. The normalized spacial score (nSPS) is 21.6. The van der Waals surface area contributed by atoms with Crippen molar-refractivity contribution in [1.29, 1.82) is 0 Å². The van der Waals surface area contributed by atoms with E-state index in [1.807, 2.05) is 0 Å². The first-order valence-corrected chi connectivity index (χ1v) is 5.49. The van der Waals surface area contributed by atoms with Gasteiger partial charge in [-0.15, -0.1) is 0 Å². The molecule has 84 valence electrons. The molecule has 1 unspecified atom stereocenters. The highest BCUT2D eigenvalue weighted by atomic mass is 16.5. The second-order valence-corrected chi connectivity index (χ2v) is 4.43. The summed E-state index contributed by atoms with van der Waals surface area (Å²) < 4.78 is 5.23. The molecule has 2 rings (SSSR count). The predicted octanol–water partition coefficient (Wildman–Crippen LogP) is 0.978. The van der Waals surface area contributed by atoms with Crippen molar-refractivity contribution in [2.45, 2.75) is 26.2 Å². The van der Waals surface area contributed by atoms with Crippen LogP contribution in [-0.4, -0.2) is 29.8 Å². The molecule has 0 bridgehead atoms. The molecule has 1 atom stereocenters. The zero-order chi connectivity index (χ0) is 10.8. The Balaban J connectivity index is 2.04. The van der Waals surface area contributed by atoms with Crippen molar-refractivity contribution in [3.63, 3.8) is 0 Å². The van der Waals surface area contributed by atoms with E-state index in [0.29, 0.717) is 17.9 Å². The molecular formula is C10H18N4O. The van der Waals surface area contributed by atoms with Crippen LogP contribution in [0.25, 0.3) is 0 Å². The van der Waals surface area contributed by atoms with Gasteiger partial charge >= 0.3 is 6.01 Å². The number of aromatic nitrogens is 2. The smallest absolute Gasteiger partial charge is 0.324 e. The third kappa shape index (κ3) is 2.12. The van der Waals surface area contributed by atoms with Gasteiger partial charge in [-0.25, -0.2) is 0 Å². The Morgan fingerprint density at radius 1 is 1.60 bits per heavy atom. The molecule has 2 heterocycles. The minimum atomic E-state index is 0.315. The lowest BCUT2D eigenvalue weighted by molar-refractivity contribution is 0.407. The van der Waals surface area contributed by atoms with Gasteiger partial charge in [-0.05, 0) is 18.9 Å². The van der Waals surface area contributed by atoms with Gasteiger partial charge in [0.25, 0.3) is 0 Å². The lowest BCUT2D eigenvalue weighted by Gasteiger charge is -2.11. The van der Waals surface area contributed by atoms with Gasteiger partial charge in [0.15, 0.2) is 5.82 Å². The molecule has 0 radical (unpaired) electrons. The Hall–Kier alpha value is -1.10. The SMILES string of the molecule is CC(C)c1noc(N2CCC(CN)C2)n1. The largest absolute Gasteiger partial charge is 0.330 e. The van der Waals surface area contributed by atoms with Gasteiger partial charge < -0.3 is 15.2 Å². The van der Waals surface area contributed by atoms with Gasteiger partial charge in [-0.3, -0.25) is 0 Å². The van der Waals surface area contributed by atoms with E-state index in [0.717, 1.165) is 31.9 Å². The maximum Gasteiger partial charge on any atom is 0.324 e. The minimum Gasteiger partial charge on any atom is -0.330 e. The summed E-state index contributed by atoms with van der Waals surface area (Å²) in [4.78, 5) is 6.49. The molecular weight excluding hydrogens is 192 g/mol. The molecule has 0 aliphatic carbocycles. The van der Waals surface area contributed by atoms with Gasteiger partial charge in [0.1, 0.15) is 0 Å². The van der Waals surface area contributed by atoms with E-state index in [2.05, 4.69) is 28.9 Å². The standard InChI is InChI=1S/C10H18N4O/c1-7(2)9-12-10(15-13-9)14-4-3-8(5-11)6-14/h7-8H,3-6,11H2,1-2H3. The summed E-state index contributed by atoms with van der Waals surface area (Å²) in [5.41, 5.74) is 5.63. The Morgan fingerprint density at radius 3 is 2.93 bits per heavy atom. The van der Waals surface area contributed by atoms with Crippen molar-refractivity contribution in [2.75, 3.05) is 24.5 Å². The van der Waals surface area contributed by atoms with Crippen LogP contribution >= 0.6 is 0 Å². The fourth-order valence-electron chi connectivity index (χ4n) is 1.79. The van der Waals surface area contributed by atoms with Crippen molar-refractivity contribution < 1.29 is 4.52 Å². The molecule has 15 heavy (non-hydrogen) atoms. The van der Waals surface area contributed by atoms with E-state index in [4.69, 9.17) is 10.3 Å². The molecule has 1 aliphatic heterocycles. The molecule has 1 aliphatic rings. The van der Waals surface area contributed by atoms with Crippen LogP contribution in [0.3, 0.4) is 0 Å². The van der Waals surface area contributed by atoms with E-state index in [1.54, 1.807) is 0 Å². The van der Waals surface area contributed by atoms with Crippen LogP contribution in [0.1, 0.15) is 32.0 Å². The first kappa shape index (κ1) is 10.4. The molecule has 0 spiro atoms. The topological polar surface area (TPSA) is 68.2 Å². The van der Waals surface area contributed by atoms with Crippen molar-refractivity contribution in [2.24, 2.45) is 11.7 Å². The number of hydrogen-bond donors (Lipinski definition) is 1. The lowest BCUT2D eigenvalue weighted by Crippen LogP contribution is -2.22. The van der Waals surface area contributed by atoms with Crippen molar-refractivity contribution in [1.82, 2.24) is 10.1 Å². The molecule has 1 aromatic rings. The first-order valence-electron chi connectivity index (χ1n) is 5.49. The average Bonchev–Trinajstić information content (AvgIpc) is 2.86. The third-order valence-electron chi connectivity index (χ3n) is 2.84. The van der Waals surface area contributed by atoms with Gasteiger partial charge in [0.05, 0.1) is 0 Å². The fourth-order valence-corrected chi connectivity index (χ4v) is 1.79. The van der Waals surface area contributed by atoms with Gasteiger partial charge in [0.2, 0.25) is 0 Å². The molecule has 0 amide bonds. The minimum absolute atomic E-state index is 0.315. The Morgan fingerprint density at radius 2 is 2.40 bits per heavy atom. The quantitative estimate of drug-likeness (QED) is 0.805. The lowest BCUT2D eigenvalue weighted by atomic mass is 10.1. The Kier molecular flexibility index (Phi) is 2.90. The molecule has 1 aromatic heterocycles. The van der Waals surface area contributed by atoms with Crippen LogP contribution < -0.4 is 10.6 Å². The number of rotatable bonds is 3. The fraction of sp³-hybridized carbons (Fsp3) is 0.800. The second kappa shape index (κ2) is 4.18. The van der Waals surface area contributed by atoms with Crippen LogP contribution in [0, 0.1) is 5.92 Å². The number of anilines is 1. The molecule has 2 N–H and O–H groups in total. The maximum atomic E-state index is 5.63. The van der Waals surface area contributed by atoms with Crippen molar-refractivity contribution in [3.05, 3.63) is 5.82 Å². The highest BCUT2D eigenvalue weighted by Gasteiger charge is 2.25. The van der Waals surface area contributed by atoms with Crippen LogP contribution in [0.15, 0.2) is 4.52 Å². The molecule has 5 nitrogen and oxygen atoms in total. The van der Waals surface area contributed by atoms with Crippen molar-refractivity contribution >= 4 is 6.01 Å². The van der Waals surface area contributed by atoms with Crippen LogP contribution in [0.5, 0.6) is 0 Å².